The number of methoxy groups -OCH3 is 1. The average molecular weight is 904 g/mol. The number of hydrogen-bond donors (Lipinski definition) is 2. The van der Waals surface area contributed by atoms with E-state index in [0.29, 0.717) is 81.9 Å². The fraction of sp³-hybridized carbons (Fsp3) is 0.596. The highest BCUT2D eigenvalue weighted by Gasteiger charge is 2.62. The van der Waals surface area contributed by atoms with Crippen LogP contribution in [-0.4, -0.2) is 106 Å². The van der Waals surface area contributed by atoms with E-state index in [9.17, 15) is 22.8 Å². The molecule has 6 fully saturated rings. The molecule has 0 radical (unpaired) electrons. The number of esters is 1. The highest BCUT2D eigenvalue weighted by atomic mass is 32.1. The maximum Gasteiger partial charge on any atom is 0.406 e. The summed E-state index contributed by atoms with van der Waals surface area (Å²) in [5.41, 5.74) is 5.28. The van der Waals surface area contributed by atoms with Crippen LogP contribution in [0, 0.1) is 16.7 Å². The van der Waals surface area contributed by atoms with Crippen molar-refractivity contribution in [2.45, 2.75) is 128 Å². The molecule has 7 aliphatic rings. The number of nitrogens with one attached hydrogen (secondary N) is 2. The van der Waals surface area contributed by atoms with E-state index in [-0.39, 0.29) is 42.3 Å². The van der Waals surface area contributed by atoms with Crippen LogP contribution in [-0.2, 0) is 41.6 Å². The molecule has 2 amide bonds. The summed E-state index contributed by atoms with van der Waals surface area (Å²) < 4.78 is 63.5. The number of aromatic nitrogens is 3. The monoisotopic (exact) mass is 903 g/mol. The van der Waals surface area contributed by atoms with E-state index >= 15 is 4.79 Å². The van der Waals surface area contributed by atoms with Gasteiger partial charge in [0.05, 0.1) is 41.9 Å². The minimum Gasteiger partial charge on any atom is -0.464 e. The third-order valence-electron chi connectivity index (χ3n) is 14.8. The second-order valence-corrected chi connectivity index (χ2v) is 20.9. The Morgan fingerprint density at radius 2 is 1.92 bits per heavy atom. The maximum absolute atomic E-state index is 15.1. The summed E-state index contributed by atoms with van der Waals surface area (Å²) in [5.74, 6) is -0.943. The van der Waals surface area contributed by atoms with Gasteiger partial charge in [-0.25, -0.2) is 10.4 Å². The molecular weight excluding hydrogens is 848 g/mol. The van der Waals surface area contributed by atoms with Gasteiger partial charge in [0.25, 0.3) is 11.8 Å². The number of cyclic esters (lactones) is 1. The van der Waals surface area contributed by atoms with Crippen molar-refractivity contribution >= 4 is 40.0 Å². The molecule has 4 aromatic rings. The van der Waals surface area contributed by atoms with Gasteiger partial charge in [0, 0.05) is 65.8 Å². The van der Waals surface area contributed by atoms with Crippen LogP contribution in [0.15, 0.2) is 41.9 Å². The Kier molecular flexibility index (Phi) is 10.8. The van der Waals surface area contributed by atoms with Gasteiger partial charge in [-0.2, -0.15) is 13.2 Å². The van der Waals surface area contributed by atoms with Gasteiger partial charge < -0.3 is 24.1 Å². The summed E-state index contributed by atoms with van der Waals surface area (Å²) in [6.45, 7) is 8.15. The molecule has 2 aliphatic carbocycles. The van der Waals surface area contributed by atoms with Crippen molar-refractivity contribution in [3.63, 3.8) is 0 Å². The second-order valence-electron chi connectivity index (χ2n) is 20.0. The van der Waals surface area contributed by atoms with Crippen LogP contribution in [0.3, 0.4) is 0 Å². The molecule has 17 heteroatoms. The van der Waals surface area contributed by atoms with Crippen LogP contribution in [0.25, 0.3) is 33.4 Å². The number of likely N-dealkylation sites (tertiary alicyclic amines) is 1. The quantitative estimate of drug-likeness (QED) is 0.182. The number of hydrogen-bond acceptors (Lipinski definition) is 11. The van der Waals surface area contributed by atoms with E-state index in [4.69, 9.17) is 19.2 Å². The third kappa shape index (κ3) is 7.62. The molecule has 1 spiro atoms. The Labute approximate surface area is 374 Å². The zero-order valence-corrected chi connectivity index (χ0v) is 37.7. The van der Waals surface area contributed by atoms with Crippen molar-refractivity contribution in [1.29, 1.82) is 0 Å². The number of carbonyl (C=O) groups is 3. The lowest BCUT2D eigenvalue weighted by Crippen LogP contribution is -2.68. The Balaban J connectivity index is 1.14. The Bertz CT molecular complexity index is 2490. The number of carbonyl (C=O) groups excluding carboxylic acids is 3. The van der Waals surface area contributed by atoms with Gasteiger partial charge in [0.2, 0.25) is 0 Å². The Hall–Kier alpha value is -4.42. The van der Waals surface area contributed by atoms with Gasteiger partial charge in [-0.05, 0) is 100.0 Å². The number of rotatable bonds is 7. The molecule has 64 heavy (non-hydrogen) atoms. The Morgan fingerprint density at radius 1 is 1.14 bits per heavy atom. The first-order valence-corrected chi connectivity index (χ1v) is 23.5. The first-order chi connectivity index (χ1) is 30.5. The summed E-state index contributed by atoms with van der Waals surface area (Å²) >= 11 is 1.40. The molecule has 5 aliphatic heterocycles. The highest BCUT2D eigenvalue weighted by Crippen LogP contribution is 2.54. The molecule has 2 saturated carbocycles. The lowest BCUT2D eigenvalue weighted by atomic mass is 9.63. The van der Waals surface area contributed by atoms with E-state index in [2.05, 4.69) is 20.6 Å². The zero-order valence-electron chi connectivity index (χ0n) is 36.9. The fourth-order valence-corrected chi connectivity index (χ4v) is 12.2. The van der Waals surface area contributed by atoms with Gasteiger partial charge in [-0.3, -0.25) is 29.3 Å². The van der Waals surface area contributed by atoms with Crippen LogP contribution in [0.1, 0.15) is 101 Å². The molecule has 3 aromatic heterocycles. The number of hydrazine groups is 1. The number of pyridine rings is 1. The van der Waals surface area contributed by atoms with E-state index in [0.717, 1.165) is 32.4 Å². The minimum absolute atomic E-state index is 0.0498. The predicted molar refractivity (Wildman–Crippen MR) is 233 cm³/mol. The van der Waals surface area contributed by atoms with Gasteiger partial charge in [-0.15, -0.1) is 11.3 Å². The van der Waals surface area contributed by atoms with E-state index in [1.165, 1.54) is 28.0 Å². The largest absolute Gasteiger partial charge is 0.464 e. The molecule has 4 saturated heterocycles. The van der Waals surface area contributed by atoms with Gasteiger partial charge >= 0.3 is 12.1 Å². The standard InChI is InChI=1S/C47H56F3N7O6S/c1-26-29-18-46(19-29,63-26)43(60)53-37-39(55-22-45(23-55)13-8-14-45)40-52-34(21-64-40)28-11-12-35-31(17-28)32(20-44(3,4)25-62-42(59)33-10-7-16-57(54-33)41(37)58)38(56(35)24-47(48,49)50)30-9-6-15-51-36(30)27(2)61-5/h6,9,11-12,15,17,21,26-27,29,33,37,39,54H,7-8,10,13-14,16,18-20,22-25H2,1-5H3,(H,53,60)/t26-,27-,29?,33-,37-,39-,46?/m0/s1. The fourth-order valence-electron chi connectivity index (χ4n) is 11.2. The molecule has 5 atom stereocenters. The molecule has 0 unspecified atom stereocenters. The van der Waals surface area contributed by atoms with Crippen LogP contribution in [0.2, 0.25) is 0 Å². The molecule has 13 nitrogen and oxygen atoms in total. The third-order valence-corrected chi connectivity index (χ3v) is 15.7. The summed E-state index contributed by atoms with van der Waals surface area (Å²) in [7, 11) is 1.54. The molecular formula is C47H56F3N7O6S. The number of ether oxygens (including phenoxy) is 3. The molecule has 11 rings (SSSR count). The molecule has 8 heterocycles. The normalized spacial score (nSPS) is 29.4. The van der Waals surface area contributed by atoms with Gasteiger partial charge in [-0.1, -0.05) is 26.3 Å². The molecule has 8 bridgehead atoms. The topological polar surface area (TPSA) is 140 Å². The smallest absolute Gasteiger partial charge is 0.406 e. The first kappa shape index (κ1) is 43.5. The van der Waals surface area contributed by atoms with Crippen molar-refractivity contribution in [3.8, 4) is 22.5 Å². The number of halogens is 3. The van der Waals surface area contributed by atoms with Crippen molar-refractivity contribution in [1.82, 2.24) is 35.2 Å². The van der Waals surface area contributed by atoms with Gasteiger partial charge in [0.1, 0.15) is 29.2 Å². The number of fused-ring (bicyclic) bond motifs is 7. The average Bonchev–Trinajstić information content (AvgIpc) is 3.99. The van der Waals surface area contributed by atoms with Crippen molar-refractivity contribution in [3.05, 3.63) is 58.2 Å². The van der Waals surface area contributed by atoms with E-state index < -0.39 is 53.9 Å². The molecule has 1 aromatic carbocycles. The lowest BCUT2D eigenvalue weighted by Gasteiger charge is -2.59. The number of nitrogens with zero attached hydrogens (tertiary/aromatic N) is 5. The summed E-state index contributed by atoms with van der Waals surface area (Å²) in [6, 6.07) is 6.34. The highest BCUT2D eigenvalue weighted by molar-refractivity contribution is 7.10. The molecule has 342 valence electrons. The van der Waals surface area contributed by atoms with E-state index in [1.54, 1.807) is 30.5 Å². The predicted octanol–water partition coefficient (Wildman–Crippen LogP) is 7.30. The van der Waals surface area contributed by atoms with Crippen LogP contribution >= 0.6 is 11.3 Å². The van der Waals surface area contributed by atoms with Crippen LogP contribution in [0.5, 0.6) is 0 Å². The lowest BCUT2D eigenvalue weighted by molar-refractivity contribution is -0.160. The van der Waals surface area contributed by atoms with Crippen LogP contribution < -0.4 is 10.7 Å². The maximum atomic E-state index is 15.1. The summed E-state index contributed by atoms with van der Waals surface area (Å²) in [5, 5.41) is 7.83. The summed E-state index contributed by atoms with van der Waals surface area (Å²) in [4.78, 5) is 55.6. The SMILES string of the molecule is CO[C@@H](C)c1ncccc1-c1c2c3cc(ccc3n1CC(F)(F)F)-c1csc(n1)[C@@H](N1CC3(CCC3)C1)[C@H](NC(=O)C13CC(C1)[C@H](C)O3)C(=O)N1CCC[C@H](N1)C(=O)OCC(C)(C)C2. The van der Waals surface area contributed by atoms with Gasteiger partial charge in [0.15, 0.2) is 0 Å². The second kappa shape index (κ2) is 15.9. The van der Waals surface area contributed by atoms with Crippen molar-refractivity contribution in [2.24, 2.45) is 16.7 Å². The first-order valence-electron chi connectivity index (χ1n) is 22.6. The number of alkyl halides is 3. The minimum atomic E-state index is -4.57. The number of amides is 2. The van der Waals surface area contributed by atoms with E-state index in [1.807, 2.05) is 39.1 Å². The van der Waals surface area contributed by atoms with Crippen molar-refractivity contribution < 1.29 is 41.8 Å². The Morgan fingerprint density at radius 3 is 2.61 bits per heavy atom. The molecule has 2 N–H and O–H groups in total. The number of benzene rings is 1. The van der Waals surface area contributed by atoms with Crippen LogP contribution in [0.4, 0.5) is 13.2 Å². The zero-order chi connectivity index (χ0) is 44.9. The van der Waals surface area contributed by atoms with Crippen molar-refractivity contribution in [2.75, 3.05) is 33.4 Å². The summed E-state index contributed by atoms with van der Waals surface area (Å²) in [6.07, 6.45) is 2.16. The number of thiazole rings is 1.